The minimum atomic E-state index is -0.877. The van der Waals surface area contributed by atoms with Gasteiger partial charge in [-0.1, -0.05) is 11.6 Å². The Morgan fingerprint density at radius 3 is 2.53 bits per heavy atom. The molecule has 4 nitrogen and oxygen atoms in total. The molecule has 100 valence electrons. The molecule has 0 saturated heterocycles. The lowest BCUT2D eigenvalue weighted by atomic mass is 10.0. The summed E-state index contributed by atoms with van der Waals surface area (Å²) in [5.41, 5.74) is 1.13. The highest BCUT2D eigenvalue weighted by atomic mass is 35.5. The van der Waals surface area contributed by atoms with Gasteiger partial charge >= 0.3 is 0 Å². The average molecular weight is 280 g/mol. The first-order valence-corrected chi connectivity index (χ1v) is 6.05. The van der Waals surface area contributed by atoms with Crippen molar-refractivity contribution in [2.45, 2.75) is 6.10 Å². The number of nitrogens with zero attached hydrogens (tertiary/aromatic N) is 1. The third-order valence-electron chi connectivity index (χ3n) is 2.77. The maximum atomic E-state index is 10.3. The fraction of sp³-hybridized carbons (Fsp3) is 0.214. The van der Waals surface area contributed by atoms with Gasteiger partial charge in [-0.15, -0.1) is 0 Å². The summed E-state index contributed by atoms with van der Waals surface area (Å²) >= 11 is 5.78. The number of aromatic nitrogens is 1. The molecule has 19 heavy (non-hydrogen) atoms. The molecule has 0 amide bonds. The van der Waals surface area contributed by atoms with E-state index >= 15 is 0 Å². The zero-order valence-corrected chi connectivity index (χ0v) is 11.4. The number of pyridine rings is 1. The zero-order valence-electron chi connectivity index (χ0n) is 10.6. The van der Waals surface area contributed by atoms with E-state index in [9.17, 15) is 5.11 Å². The van der Waals surface area contributed by atoms with Gasteiger partial charge in [0.1, 0.15) is 17.6 Å². The van der Waals surface area contributed by atoms with Crippen LogP contribution in [0.4, 0.5) is 0 Å². The van der Waals surface area contributed by atoms with Crippen LogP contribution >= 0.6 is 11.6 Å². The van der Waals surface area contributed by atoms with Gasteiger partial charge in [0.2, 0.25) is 0 Å². The molecule has 0 spiro atoms. The molecule has 0 aliphatic rings. The van der Waals surface area contributed by atoms with E-state index in [1.54, 1.807) is 44.6 Å². The van der Waals surface area contributed by atoms with Gasteiger partial charge in [-0.25, -0.2) is 0 Å². The van der Waals surface area contributed by atoms with Crippen molar-refractivity contribution in [1.82, 2.24) is 4.98 Å². The fourth-order valence-corrected chi connectivity index (χ4v) is 1.86. The Morgan fingerprint density at radius 2 is 1.95 bits per heavy atom. The molecule has 2 rings (SSSR count). The Hall–Kier alpha value is -1.78. The first-order valence-electron chi connectivity index (χ1n) is 5.67. The van der Waals surface area contributed by atoms with Crippen molar-refractivity contribution < 1.29 is 14.6 Å². The Labute approximate surface area is 116 Å². The van der Waals surface area contributed by atoms with Gasteiger partial charge in [-0.3, -0.25) is 4.98 Å². The van der Waals surface area contributed by atoms with Crippen LogP contribution in [0, 0.1) is 0 Å². The molecule has 0 fully saturated rings. The summed E-state index contributed by atoms with van der Waals surface area (Å²) in [5.74, 6) is 1.21. The highest BCUT2D eigenvalue weighted by Gasteiger charge is 2.17. The van der Waals surface area contributed by atoms with Crippen LogP contribution in [-0.4, -0.2) is 24.3 Å². The Morgan fingerprint density at radius 1 is 1.16 bits per heavy atom. The molecule has 2 aromatic rings. The largest absolute Gasteiger partial charge is 0.497 e. The predicted octanol–water partition coefficient (Wildman–Crippen LogP) is 2.83. The van der Waals surface area contributed by atoms with Gasteiger partial charge in [0.15, 0.2) is 0 Å². The maximum absolute atomic E-state index is 10.3. The minimum Gasteiger partial charge on any atom is -0.497 e. The number of benzene rings is 1. The van der Waals surface area contributed by atoms with Gasteiger partial charge < -0.3 is 14.6 Å². The highest BCUT2D eigenvalue weighted by molar-refractivity contribution is 6.30. The summed E-state index contributed by atoms with van der Waals surface area (Å²) in [6, 6.07) is 8.59. The number of rotatable bonds is 4. The van der Waals surface area contributed by atoms with Crippen molar-refractivity contribution in [3.8, 4) is 11.5 Å². The van der Waals surface area contributed by atoms with Crippen LogP contribution in [0.1, 0.15) is 17.4 Å². The smallest absolute Gasteiger partial charge is 0.128 e. The van der Waals surface area contributed by atoms with Gasteiger partial charge in [-0.05, 0) is 24.3 Å². The average Bonchev–Trinajstić information content (AvgIpc) is 2.46. The number of aliphatic hydroxyl groups excluding tert-OH is 1. The molecule has 5 heteroatoms. The summed E-state index contributed by atoms with van der Waals surface area (Å²) in [4.78, 5) is 4.10. The fourth-order valence-electron chi connectivity index (χ4n) is 1.75. The lowest BCUT2D eigenvalue weighted by molar-refractivity contribution is 0.209. The second-order valence-electron chi connectivity index (χ2n) is 3.91. The number of ether oxygens (including phenoxy) is 2. The summed E-state index contributed by atoms with van der Waals surface area (Å²) in [5, 5.41) is 10.9. The van der Waals surface area contributed by atoms with Crippen molar-refractivity contribution in [2.75, 3.05) is 14.2 Å². The van der Waals surface area contributed by atoms with Crippen molar-refractivity contribution in [3.63, 3.8) is 0 Å². The lowest BCUT2D eigenvalue weighted by Crippen LogP contribution is -2.04. The Bertz CT molecular complexity index is 557. The standard InChI is InChI=1S/C14H14ClNO3/c1-18-10-4-5-11(13(7-10)19-2)14(17)12-6-3-9(15)8-16-12/h3-8,14,17H,1-2H3. The molecule has 0 aliphatic heterocycles. The molecule has 0 bridgehead atoms. The monoisotopic (exact) mass is 279 g/mol. The first kappa shape index (κ1) is 13.6. The van der Waals surface area contributed by atoms with Crippen LogP contribution in [0.3, 0.4) is 0 Å². The molecule has 1 heterocycles. The van der Waals surface area contributed by atoms with Crippen LogP contribution in [0.15, 0.2) is 36.5 Å². The van der Waals surface area contributed by atoms with Crippen molar-refractivity contribution >= 4 is 11.6 Å². The molecule has 1 aromatic heterocycles. The molecular weight excluding hydrogens is 266 g/mol. The quantitative estimate of drug-likeness (QED) is 0.935. The van der Waals surface area contributed by atoms with E-state index in [1.165, 1.54) is 6.20 Å². The minimum absolute atomic E-state index is 0.507. The number of halogens is 1. The SMILES string of the molecule is COc1ccc(C(O)c2ccc(Cl)cn2)c(OC)c1. The van der Waals surface area contributed by atoms with Gasteiger partial charge in [0.05, 0.1) is 24.9 Å². The van der Waals surface area contributed by atoms with Crippen molar-refractivity contribution in [2.24, 2.45) is 0 Å². The van der Waals surface area contributed by atoms with Crippen LogP contribution in [0.2, 0.25) is 5.02 Å². The molecule has 1 unspecified atom stereocenters. The topological polar surface area (TPSA) is 51.6 Å². The van der Waals surface area contributed by atoms with Crippen molar-refractivity contribution in [1.29, 1.82) is 0 Å². The van der Waals surface area contributed by atoms with Crippen LogP contribution in [0.5, 0.6) is 11.5 Å². The van der Waals surface area contributed by atoms with E-state index in [0.717, 1.165) is 0 Å². The van der Waals surface area contributed by atoms with Crippen LogP contribution in [0.25, 0.3) is 0 Å². The third-order valence-corrected chi connectivity index (χ3v) is 2.99. The molecule has 1 aromatic carbocycles. The van der Waals surface area contributed by atoms with E-state index in [-0.39, 0.29) is 0 Å². The van der Waals surface area contributed by atoms with Gasteiger partial charge in [-0.2, -0.15) is 0 Å². The number of methoxy groups -OCH3 is 2. The Kier molecular flexibility index (Phi) is 4.24. The van der Waals surface area contributed by atoms with E-state index in [1.807, 2.05) is 0 Å². The maximum Gasteiger partial charge on any atom is 0.128 e. The van der Waals surface area contributed by atoms with Crippen LogP contribution < -0.4 is 9.47 Å². The Balaban J connectivity index is 2.37. The molecule has 1 N–H and O–H groups in total. The number of aliphatic hydroxyl groups is 1. The van der Waals surface area contributed by atoms with Gasteiger partial charge in [0, 0.05) is 17.8 Å². The van der Waals surface area contributed by atoms with Crippen LogP contribution in [-0.2, 0) is 0 Å². The molecule has 0 saturated carbocycles. The number of hydrogen-bond acceptors (Lipinski definition) is 4. The predicted molar refractivity (Wildman–Crippen MR) is 72.9 cm³/mol. The second kappa shape index (κ2) is 5.91. The molecular formula is C14H14ClNO3. The molecule has 0 aliphatic carbocycles. The highest BCUT2D eigenvalue weighted by Crippen LogP contribution is 2.32. The first-order chi connectivity index (χ1) is 9.15. The summed E-state index contributed by atoms with van der Waals surface area (Å²) < 4.78 is 10.4. The summed E-state index contributed by atoms with van der Waals surface area (Å²) in [6.45, 7) is 0. The second-order valence-corrected chi connectivity index (χ2v) is 4.35. The molecule has 0 radical (unpaired) electrons. The third kappa shape index (κ3) is 2.97. The van der Waals surface area contributed by atoms with E-state index < -0.39 is 6.10 Å². The number of hydrogen-bond donors (Lipinski definition) is 1. The van der Waals surface area contributed by atoms with E-state index in [2.05, 4.69) is 4.98 Å². The van der Waals surface area contributed by atoms with Gasteiger partial charge in [0.25, 0.3) is 0 Å². The van der Waals surface area contributed by atoms with E-state index in [0.29, 0.717) is 27.8 Å². The summed E-state index contributed by atoms with van der Waals surface area (Å²) in [6.07, 6.45) is 0.619. The van der Waals surface area contributed by atoms with Crippen molar-refractivity contribution in [3.05, 3.63) is 52.8 Å². The zero-order chi connectivity index (χ0) is 13.8. The molecule has 1 atom stereocenters. The normalized spacial score (nSPS) is 12.0. The lowest BCUT2D eigenvalue weighted by Gasteiger charge is -2.15. The summed E-state index contributed by atoms with van der Waals surface area (Å²) in [7, 11) is 3.12. The van der Waals surface area contributed by atoms with E-state index in [4.69, 9.17) is 21.1 Å².